The Morgan fingerprint density at radius 2 is 1.78 bits per heavy atom. The molecule has 0 saturated carbocycles. The maximum atomic E-state index is 13.6. The van der Waals surface area contributed by atoms with Crippen LogP contribution in [0.15, 0.2) is 81.1 Å². The van der Waals surface area contributed by atoms with Gasteiger partial charge in [-0.05, 0) is 55.3 Å². The normalized spacial score (nSPS) is 12.2. The summed E-state index contributed by atoms with van der Waals surface area (Å²) in [5.74, 6) is 1.11. The third-order valence-corrected chi connectivity index (χ3v) is 7.10. The Hall–Kier alpha value is -5.19. The molecule has 6 rings (SSSR count). The Kier molecular flexibility index (Phi) is 6.84. The molecule has 11 nitrogen and oxygen atoms in total. The fraction of sp³-hybridized carbons (Fsp3) is 0.233. The molecule has 5 aromatic rings. The molecule has 0 unspecified atom stereocenters. The Morgan fingerprint density at radius 3 is 2.66 bits per heavy atom. The lowest BCUT2D eigenvalue weighted by atomic mass is 10.2. The highest BCUT2D eigenvalue weighted by atomic mass is 16.7. The fourth-order valence-corrected chi connectivity index (χ4v) is 5.07. The first-order valence-corrected chi connectivity index (χ1v) is 13.2. The molecule has 0 aliphatic carbocycles. The van der Waals surface area contributed by atoms with E-state index in [0.29, 0.717) is 40.3 Å². The molecule has 1 amide bonds. The van der Waals surface area contributed by atoms with E-state index in [-0.39, 0.29) is 44.2 Å². The molecule has 0 radical (unpaired) electrons. The summed E-state index contributed by atoms with van der Waals surface area (Å²) in [6.07, 6.45) is 0.418. The van der Waals surface area contributed by atoms with Gasteiger partial charge in [0.1, 0.15) is 5.65 Å². The fourth-order valence-electron chi connectivity index (χ4n) is 5.07. The van der Waals surface area contributed by atoms with Crippen molar-refractivity contribution in [1.29, 1.82) is 0 Å². The Balaban J connectivity index is 1.21. The van der Waals surface area contributed by atoms with Gasteiger partial charge in [0.2, 0.25) is 12.7 Å². The lowest BCUT2D eigenvalue weighted by Gasteiger charge is -2.14. The molecular weight excluding hydrogens is 526 g/mol. The Bertz CT molecular complexity index is 1990. The van der Waals surface area contributed by atoms with E-state index in [0.717, 1.165) is 15.8 Å². The van der Waals surface area contributed by atoms with Crippen molar-refractivity contribution in [2.75, 3.05) is 6.79 Å². The first kappa shape index (κ1) is 26.1. The smallest absolute Gasteiger partial charge is 0.331 e. The van der Waals surface area contributed by atoms with Crippen molar-refractivity contribution >= 4 is 22.5 Å². The number of hydrogen-bond acceptors (Lipinski definition) is 7. The summed E-state index contributed by atoms with van der Waals surface area (Å²) in [5, 5.41) is 3.23. The standard InChI is InChI=1S/C30H27N5O6/c1-19-6-4-9-26-32-21(15-28(37)35(19)26)17-34-23-8-3-2-7-22(23)29(38)33(30(34)39)13-5-10-27(36)31-16-20-11-12-24-25(14-20)41-18-40-24/h2-4,6-9,11-12,14-15H,5,10,13,16-18H2,1H3,(H,31,36). The van der Waals surface area contributed by atoms with Crippen molar-refractivity contribution in [3.05, 3.63) is 115 Å². The number of rotatable bonds is 8. The lowest BCUT2D eigenvalue weighted by Crippen LogP contribution is -2.40. The van der Waals surface area contributed by atoms with Gasteiger partial charge in [0.15, 0.2) is 11.5 Å². The number of ether oxygens (including phenoxy) is 2. The highest BCUT2D eigenvalue weighted by molar-refractivity contribution is 5.78. The molecule has 2 aromatic carbocycles. The summed E-state index contributed by atoms with van der Waals surface area (Å²) in [4.78, 5) is 56.8. The predicted octanol–water partition coefficient (Wildman–Crippen LogP) is 2.35. The van der Waals surface area contributed by atoms with Crippen LogP contribution < -0.4 is 31.6 Å². The van der Waals surface area contributed by atoms with Gasteiger partial charge in [-0.15, -0.1) is 0 Å². The van der Waals surface area contributed by atoms with E-state index in [1.165, 1.54) is 15.0 Å². The van der Waals surface area contributed by atoms with Crippen LogP contribution in [0.1, 0.15) is 29.8 Å². The quantitative estimate of drug-likeness (QED) is 0.313. The van der Waals surface area contributed by atoms with Crippen molar-refractivity contribution in [3.63, 3.8) is 0 Å². The number of carbonyl (C=O) groups excluding carboxylic acids is 1. The van der Waals surface area contributed by atoms with Crippen molar-refractivity contribution < 1.29 is 14.3 Å². The van der Waals surface area contributed by atoms with Gasteiger partial charge < -0.3 is 14.8 Å². The molecule has 1 aliphatic heterocycles. The third kappa shape index (κ3) is 5.09. The average Bonchev–Trinajstić information content (AvgIpc) is 3.44. The molecule has 1 N–H and O–H groups in total. The zero-order valence-electron chi connectivity index (χ0n) is 22.3. The lowest BCUT2D eigenvalue weighted by molar-refractivity contribution is -0.121. The molecule has 41 heavy (non-hydrogen) atoms. The number of benzene rings is 2. The second-order valence-corrected chi connectivity index (χ2v) is 9.86. The minimum absolute atomic E-state index is 0.00925. The number of amides is 1. The van der Waals surface area contributed by atoms with Gasteiger partial charge in [-0.3, -0.25) is 27.9 Å². The maximum absolute atomic E-state index is 13.6. The van der Waals surface area contributed by atoms with Gasteiger partial charge in [-0.25, -0.2) is 9.78 Å². The van der Waals surface area contributed by atoms with Crippen LogP contribution in [0.2, 0.25) is 0 Å². The summed E-state index contributed by atoms with van der Waals surface area (Å²) < 4.78 is 14.8. The molecule has 4 heterocycles. The van der Waals surface area contributed by atoms with Crippen LogP contribution in [0.4, 0.5) is 0 Å². The number of fused-ring (bicyclic) bond motifs is 3. The van der Waals surface area contributed by atoms with E-state index in [1.807, 2.05) is 31.2 Å². The van der Waals surface area contributed by atoms with Crippen molar-refractivity contribution in [3.8, 4) is 11.5 Å². The summed E-state index contributed by atoms with van der Waals surface area (Å²) in [6.45, 7) is 2.39. The van der Waals surface area contributed by atoms with E-state index in [2.05, 4.69) is 10.3 Å². The van der Waals surface area contributed by atoms with Crippen molar-refractivity contribution in [2.24, 2.45) is 0 Å². The number of pyridine rings is 1. The Morgan fingerprint density at radius 1 is 0.951 bits per heavy atom. The molecule has 1 aliphatic rings. The summed E-state index contributed by atoms with van der Waals surface area (Å²) >= 11 is 0. The molecule has 0 atom stereocenters. The van der Waals surface area contributed by atoms with Gasteiger partial charge in [0, 0.05) is 31.3 Å². The molecule has 0 bridgehead atoms. The predicted molar refractivity (Wildman–Crippen MR) is 151 cm³/mol. The number of nitrogens with one attached hydrogen (secondary N) is 1. The molecule has 0 saturated heterocycles. The van der Waals surface area contributed by atoms with Crippen LogP contribution in [-0.4, -0.2) is 31.2 Å². The topological polar surface area (TPSA) is 126 Å². The number of hydrogen-bond donors (Lipinski definition) is 1. The maximum Gasteiger partial charge on any atom is 0.331 e. The van der Waals surface area contributed by atoms with Crippen LogP contribution >= 0.6 is 0 Å². The van der Waals surface area contributed by atoms with Crippen LogP contribution in [0.5, 0.6) is 11.5 Å². The average molecular weight is 554 g/mol. The van der Waals surface area contributed by atoms with Gasteiger partial charge in [0.25, 0.3) is 11.1 Å². The zero-order valence-corrected chi connectivity index (χ0v) is 22.3. The first-order chi connectivity index (χ1) is 19.9. The first-order valence-electron chi connectivity index (χ1n) is 13.2. The third-order valence-electron chi connectivity index (χ3n) is 7.10. The van der Waals surface area contributed by atoms with E-state index in [1.54, 1.807) is 36.4 Å². The summed E-state index contributed by atoms with van der Waals surface area (Å²) in [7, 11) is 0. The minimum atomic E-state index is -0.527. The summed E-state index contributed by atoms with van der Waals surface area (Å²) in [6, 6.07) is 19.1. The molecule has 0 spiro atoms. The zero-order chi connectivity index (χ0) is 28.5. The van der Waals surface area contributed by atoms with E-state index in [4.69, 9.17) is 9.47 Å². The number of nitrogens with zero attached hydrogens (tertiary/aromatic N) is 4. The van der Waals surface area contributed by atoms with Gasteiger partial charge in [-0.1, -0.05) is 24.3 Å². The highest BCUT2D eigenvalue weighted by Crippen LogP contribution is 2.32. The monoisotopic (exact) mass is 553 g/mol. The Labute approximate surface area is 233 Å². The van der Waals surface area contributed by atoms with Gasteiger partial charge in [-0.2, -0.15) is 0 Å². The highest BCUT2D eigenvalue weighted by Gasteiger charge is 2.16. The molecule has 208 valence electrons. The minimum Gasteiger partial charge on any atom is -0.454 e. The van der Waals surface area contributed by atoms with E-state index >= 15 is 0 Å². The van der Waals surface area contributed by atoms with E-state index < -0.39 is 11.2 Å². The number of aryl methyl sites for hydroxylation is 1. The second kappa shape index (κ2) is 10.8. The van der Waals surface area contributed by atoms with Crippen molar-refractivity contribution in [2.45, 2.75) is 39.4 Å². The van der Waals surface area contributed by atoms with Crippen molar-refractivity contribution in [1.82, 2.24) is 23.8 Å². The number of para-hydroxylation sites is 1. The summed E-state index contributed by atoms with van der Waals surface area (Å²) in [5.41, 5.74) is 1.75. The van der Waals surface area contributed by atoms with Crippen LogP contribution in [-0.2, 0) is 24.4 Å². The molecule has 3 aromatic heterocycles. The second-order valence-electron chi connectivity index (χ2n) is 9.86. The SMILES string of the molecule is Cc1cccc2nc(Cn3c(=O)n(CCCC(=O)NCc4ccc5c(c4)OCO5)c(=O)c4ccccc43)cc(=O)n12. The number of aromatic nitrogens is 4. The number of carbonyl (C=O) groups is 1. The van der Waals surface area contributed by atoms with Gasteiger partial charge >= 0.3 is 5.69 Å². The molecule has 11 heteroatoms. The van der Waals surface area contributed by atoms with Crippen LogP contribution in [0, 0.1) is 6.92 Å². The largest absolute Gasteiger partial charge is 0.454 e. The molecule has 0 fully saturated rings. The van der Waals surface area contributed by atoms with Gasteiger partial charge in [0.05, 0.1) is 23.1 Å². The molecular formula is C30H27N5O6. The van der Waals surface area contributed by atoms with Crippen LogP contribution in [0.25, 0.3) is 16.6 Å². The van der Waals surface area contributed by atoms with Crippen LogP contribution in [0.3, 0.4) is 0 Å². The van der Waals surface area contributed by atoms with E-state index in [9.17, 15) is 19.2 Å².